The zero-order chi connectivity index (χ0) is 24.4. The number of benzene rings is 3. The average molecular weight is 485 g/mol. The van der Waals surface area contributed by atoms with E-state index in [2.05, 4.69) is 15.7 Å². The van der Waals surface area contributed by atoms with Crippen LogP contribution in [0.5, 0.6) is 5.75 Å². The smallest absolute Gasteiger partial charge is 0.344 e. The van der Waals surface area contributed by atoms with E-state index in [1.807, 2.05) is 24.3 Å². The molecule has 9 heteroatoms. The van der Waals surface area contributed by atoms with Crippen molar-refractivity contribution in [3.05, 3.63) is 107 Å². The van der Waals surface area contributed by atoms with Crippen LogP contribution in [0, 0.1) is 0 Å². The molecule has 5 rings (SSSR count). The molecule has 1 aliphatic rings. The molecule has 1 saturated heterocycles. The van der Waals surface area contributed by atoms with E-state index in [1.165, 1.54) is 11.3 Å². The van der Waals surface area contributed by atoms with Gasteiger partial charge in [-0.15, -0.1) is 11.3 Å². The van der Waals surface area contributed by atoms with Gasteiger partial charge in [0.05, 0.1) is 7.11 Å². The highest BCUT2D eigenvalue weighted by Gasteiger charge is 2.54. The maximum Gasteiger partial charge on any atom is 0.344 e. The molecule has 35 heavy (non-hydrogen) atoms. The lowest BCUT2D eigenvalue weighted by atomic mass is 9.83. The second-order valence-electron chi connectivity index (χ2n) is 7.76. The molecule has 0 spiro atoms. The Labute approximate surface area is 205 Å². The first kappa shape index (κ1) is 22.3. The number of rotatable bonds is 6. The van der Waals surface area contributed by atoms with E-state index in [0.29, 0.717) is 26.9 Å². The van der Waals surface area contributed by atoms with Gasteiger partial charge in [-0.2, -0.15) is 5.01 Å². The van der Waals surface area contributed by atoms with Crippen molar-refractivity contribution in [2.45, 2.75) is 5.54 Å². The minimum absolute atomic E-state index is 0.0957. The summed E-state index contributed by atoms with van der Waals surface area (Å²) in [7, 11) is 1.58. The topological polar surface area (TPSA) is 101 Å². The lowest BCUT2D eigenvalue weighted by Crippen LogP contribution is -2.49. The Morgan fingerprint density at radius 3 is 2.11 bits per heavy atom. The molecule has 0 atom stereocenters. The van der Waals surface area contributed by atoms with Crippen molar-refractivity contribution in [2.24, 2.45) is 0 Å². The van der Waals surface area contributed by atoms with Crippen molar-refractivity contribution < 1.29 is 19.1 Å². The van der Waals surface area contributed by atoms with E-state index in [9.17, 15) is 14.4 Å². The Bertz CT molecular complexity index is 1350. The molecule has 0 radical (unpaired) electrons. The molecule has 3 aromatic carbocycles. The molecule has 1 aliphatic heterocycles. The number of nitrogens with one attached hydrogen (secondary N) is 2. The molecule has 4 amide bonds. The first-order chi connectivity index (χ1) is 17.0. The van der Waals surface area contributed by atoms with Gasteiger partial charge in [0.2, 0.25) is 0 Å². The van der Waals surface area contributed by atoms with Gasteiger partial charge in [-0.25, -0.2) is 9.78 Å². The van der Waals surface area contributed by atoms with E-state index in [1.54, 1.807) is 73.2 Å². The van der Waals surface area contributed by atoms with Crippen molar-refractivity contribution in [2.75, 3.05) is 7.11 Å². The Balaban J connectivity index is 1.42. The summed E-state index contributed by atoms with van der Waals surface area (Å²) in [5.74, 6) is -0.567. The summed E-state index contributed by atoms with van der Waals surface area (Å²) in [5, 5.41) is 5.71. The number of urea groups is 1. The van der Waals surface area contributed by atoms with E-state index in [-0.39, 0.29) is 5.69 Å². The predicted octanol–water partition coefficient (Wildman–Crippen LogP) is 3.96. The van der Waals surface area contributed by atoms with Gasteiger partial charge in [0.15, 0.2) is 5.54 Å². The highest BCUT2D eigenvalue weighted by atomic mass is 32.1. The maximum atomic E-state index is 13.7. The number of amides is 4. The number of hydrazine groups is 1. The van der Waals surface area contributed by atoms with Gasteiger partial charge in [-0.05, 0) is 35.4 Å². The minimum Gasteiger partial charge on any atom is -0.497 e. The summed E-state index contributed by atoms with van der Waals surface area (Å²) < 4.78 is 5.17. The molecule has 0 unspecified atom stereocenters. The molecular weight excluding hydrogens is 464 g/mol. The standard InChI is InChI=1S/C26H20N4O4S/c1-34-20-14-12-17(13-15-20)23-27-21(16-35-23)22(31)29-30-24(32)26(28-25(30)33,18-8-4-2-5-9-18)19-10-6-3-7-11-19/h2-16H,1H3,(H,28,33)(H,29,31). The molecule has 0 saturated carbocycles. The number of carbonyl (C=O) groups is 3. The van der Waals surface area contributed by atoms with E-state index in [4.69, 9.17) is 4.74 Å². The summed E-state index contributed by atoms with van der Waals surface area (Å²) in [6.07, 6.45) is 0. The lowest BCUT2D eigenvalue weighted by Gasteiger charge is -2.27. The van der Waals surface area contributed by atoms with Gasteiger partial charge >= 0.3 is 6.03 Å². The number of nitrogens with zero attached hydrogens (tertiary/aromatic N) is 2. The molecule has 1 aromatic heterocycles. The molecule has 8 nitrogen and oxygen atoms in total. The minimum atomic E-state index is -1.47. The highest BCUT2D eigenvalue weighted by molar-refractivity contribution is 7.13. The van der Waals surface area contributed by atoms with Crippen LogP contribution in [-0.2, 0) is 10.3 Å². The Morgan fingerprint density at radius 1 is 0.943 bits per heavy atom. The number of thiazole rings is 1. The molecule has 0 bridgehead atoms. The first-order valence-electron chi connectivity index (χ1n) is 10.7. The molecule has 2 heterocycles. The molecule has 174 valence electrons. The van der Waals surface area contributed by atoms with Crippen LogP contribution in [0.4, 0.5) is 4.79 Å². The van der Waals surface area contributed by atoms with Gasteiger partial charge in [0, 0.05) is 10.9 Å². The number of hydrogen-bond donors (Lipinski definition) is 2. The third-order valence-corrected chi connectivity index (χ3v) is 6.61. The van der Waals surface area contributed by atoms with E-state index < -0.39 is 23.4 Å². The predicted molar refractivity (Wildman–Crippen MR) is 131 cm³/mol. The zero-order valence-electron chi connectivity index (χ0n) is 18.6. The van der Waals surface area contributed by atoms with Crippen LogP contribution < -0.4 is 15.5 Å². The molecule has 4 aromatic rings. The largest absolute Gasteiger partial charge is 0.497 e. The van der Waals surface area contributed by atoms with Gasteiger partial charge in [-0.1, -0.05) is 60.7 Å². The van der Waals surface area contributed by atoms with Gasteiger partial charge < -0.3 is 10.1 Å². The normalized spacial score (nSPS) is 14.5. The monoisotopic (exact) mass is 484 g/mol. The summed E-state index contributed by atoms with van der Waals surface area (Å²) >= 11 is 1.28. The van der Waals surface area contributed by atoms with Crippen LogP contribution in [0.25, 0.3) is 10.6 Å². The molecule has 0 aliphatic carbocycles. The average Bonchev–Trinajstić information content (AvgIpc) is 3.50. The third-order valence-electron chi connectivity index (χ3n) is 5.72. The van der Waals surface area contributed by atoms with Crippen LogP contribution >= 0.6 is 11.3 Å². The summed E-state index contributed by atoms with van der Waals surface area (Å²) in [5.41, 5.74) is 3.03. The Morgan fingerprint density at radius 2 is 1.54 bits per heavy atom. The number of carbonyl (C=O) groups excluding carboxylic acids is 3. The Kier molecular flexibility index (Phi) is 5.76. The van der Waals surface area contributed by atoms with Gasteiger partial charge in [0.25, 0.3) is 11.8 Å². The van der Waals surface area contributed by atoms with Crippen LogP contribution in [0.3, 0.4) is 0 Å². The second-order valence-corrected chi connectivity index (χ2v) is 8.62. The van der Waals surface area contributed by atoms with Crippen LogP contribution in [0.1, 0.15) is 21.6 Å². The lowest BCUT2D eigenvalue weighted by molar-refractivity contribution is -0.131. The second kappa shape index (κ2) is 9.03. The van der Waals surface area contributed by atoms with Crippen LogP contribution in [-0.4, -0.2) is 34.9 Å². The third kappa shape index (κ3) is 3.91. The van der Waals surface area contributed by atoms with Gasteiger partial charge in [-0.3, -0.25) is 15.0 Å². The quantitative estimate of drug-likeness (QED) is 0.404. The number of methoxy groups -OCH3 is 1. The highest BCUT2D eigenvalue weighted by Crippen LogP contribution is 2.35. The number of hydrogen-bond acceptors (Lipinski definition) is 6. The van der Waals surface area contributed by atoms with Crippen molar-refractivity contribution in [3.63, 3.8) is 0 Å². The van der Waals surface area contributed by atoms with E-state index >= 15 is 0 Å². The van der Waals surface area contributed by atoms with Gasteiger partial charge in [0.1, 0.15) is 16.5 Å². The first-order valence-corrected chi connectivity index (χ1v) is 11.6. The summed E-state index contributed by atoms with van der Waals surface area (Å²) in [6.45, 7) is 0. The fraction of sp³-hybridized carbons (Fsp3) is 0.0769. The molecular formula is C26H20N4O4S. The van der Waals surface area contributed by atoms with Crippen molar-refractivity contribution in [1.82, 2.24) is 20.7 Å². The molecule has 2 N–H and O–H groups in total. The van der Waals surface area contributed by atoms with Crippen LogP contribution in [0.2, 0.25) is 0 Å². The zero-order valence-corrected chi connectivity index (χ0v) is 19.4. The molecule has 1 fully saturated rings. The van der Waals surface area contributed by atoms with Crippen LogP contribution in [0.15, 0.2) is 90.3 Å². The fourth-order valence-corrected chi connectivity index (χ4v) is 4.77. The summed E-state index contributed by atoms with van der Waals surface area (Å²) in [6, 6.07) is 24.4. The SMILES string of the molecule is COc1ccc(-c2nc(C(=O)NN3C(=O)NC(c4ccccc4)(c4ccccc4)C3=O)cs2)cc1. The Hall–Kier alpha value is -4.50. The van der Waals surface area contributed by atoms with E-state index in [0.717, 1.165) is 5.56 Å². The maximum absolute atomic E-state index is 13.7. The number of ether oxygens (including phenoxy) is 1. The summed E-state index contributed by atoms with van der Waals surface area (Å²) in [4.78, 5) is 44.0. The van der Waals surface area contributed by atoms with Crippen molar-refractivity contribution >= 4 is 29.2 Å². The van der Waals surface area contributed by atoms with Crippen molar-refractivity contribution in [3.8, 4) is 16.3 Å². The fourth-order valence-electron chi connectivity index (χ4n) is 3.97. The van der Waals surface area contributed by atoms with Crippen molar-refractivity contribution in [1.29, 1.82) is 0 Å². The number of aromatic nitrogens is 1. The number of imide groups is 1.